The fourth-order valence-electron chi connectivity index (χ4n) is 6.89. The van der Waals surface area contributed by atoms with E-state index >= 15 is 0 Å². The second-order valence-corrected chi connectivity index (χ2v) is 30.0. The molecular formula is C59H87Cl4F2IN9O7P. The maximum Gasteiger partial charge on any atom is 0.339 e. The molecule has 0 unspecified atom stereocenters. The molecule has 2 aliphatic rings. The van der Waals surface area contributed by atoms with Crippen LogP contribution in [0.15, 0.2) is 121 Å². The van der Waals surface area contributed by atoms with E-state index in [0.717, 1.165) is 59.0 Å². The molecule has 24 heteroatoms. The highest BCUT2D eigenvalue weighted by Gasteiger charge is 2.34. The number of benzene rings is 5. The number of rotatable bonds is 4. The number of amides is 1. The first-order valence-corrected chi connectivity index (χ1v) is 32.1. The maximum atomic E-state index is 12.4. The molecule has 83 heavy (non-hydrogen) atoms. The van der Waals surface area contributed by atoms with Gasteiger partial charge in [0.1, 0.15) is 5.69 Å². The van der Waals surface area contributed by atoms with E-state index in [1.54, 1.807) is 18.2 Å². The van der Waals surface area contributed by atoms with Crippen molar-refractivity contribution in [1.29, 1.82) is 0 Å². The number of fused-ring (bicyclic) bond motifs is 2. The number of nitro benzene ring substituents is 2. The highest BCUT2D eigenvalue weighted by molar-refractivity contribution is 14.1. The number of nitro groups is 2. The van der Waals surface area contributed by atoms with Crippen LogP contribution in [0.25, 0.3) is 11.0 Å². The molecule has 0 saturated carbocycles. The lowest BCUT2D eigenvalue weighted by atomic mass is 10.1. The summed E-state index contributed by atoms with van der Waals surface area (Å²) in [6, 6.07) is 35.4. The van der Waals surface area contributed by atoms with Gasteiger partial charge in [0.2, 0.25) is 17.0 Å². The van der Waals surface area contributed by atoms with Crippen molar-refractivity contribution in [3.05, 3.63) is 158 Å². The van der Waals surface area contributed by atoms with Gasteiger partial charge in [0.15, 0.2) is 0 Å². The topological polar surface area (TPSA) is 227 Å². The molecule has 1 amide bonds. The Morgan fingerprint density at radius 3 is 1.51 bits per heavy atom. The number of imidazole rings is 1. The molecule has 0 spiro atoms. The second kappa shape index (κ2) is 38.2. The predicted molar refractivity (Wildman–Crippen MR) is 357 cm³/mol. The number of hydrogen-bond donors (Lipinski definition) is 4. The Balaban J connectivity index is 0. The van der Waals surface area contributed by atoms with Crippen LogP contribution in [0.1, 0.15) is 125 Å². The van der Waals surface area contributed by atoms with Crippen LogP contribution in [-0.4, -0.2) is 72.7 Å². The van der Waals surface area contributed by atoms with Gasteiger partial charge in [-0.1, -0.05) is 89.3 Å². The van der Waals surface area contributed by atoms with E-state index < -0.39 is 28.8 Å². The first-order valence-electron chi connectivity index (χ1n) is 27.2. The number of anilines is 4. The van der Waals surface area contributed by atoms with Crippen LogP contribution in [-0.2, 0) is 26.1 Å². The second-order valence-electron chi connectivity index (χ2n) is 23.0. The van der Waals surface area contributed by atoms with Gasteiger partial charge in [-0.3, -0.25) is 34.0 Å². The molecule has 6 N–H and O–H groups in total. The Labute approximate surface area is 527 Å². The van der Waals surface area contributed by atoms with E-state index in [-0.39, 0.29) is 44.2 Å². The van der Waals surface area contributed by atoms with E-state index in [0.29, 0.717) is 22.3 Å². The van der Waals surface area contributed by atoms with Gasteiger partial charge in [-0.15, -0.1) is 0 Å². The number of carbonyl (C=O) groups excluding carboxylic acids is 1. The average Bonchev–Trinajstić information content (AvgIpc) is 2.93. The standard InChI is InChI=1S/C12H15NO.C11H13ClN2.C10H14N2O2.C10H16N2.C6H4FNO2.C4H11N.C4H8O.CH3F.CH3I.Cl3OP/c1-12(2,3)13-10-7-5-4-6-9(10)8-11(13)14;1-11(2,3)14-9-7-5-4-6-8(9)13-10(14)12;1-10(2,3)11-8-6-4-5-7-9(8)12(13)14;1-10(2,3)12-9-7-5-4-6-8(9)11;7-5-3-1-2-4-6(5)8(9)10;1-4(2,3)5;1-2-4-5-3-1;2*1-2;1-5(2,3)4/h4-7H,8H2,1-3H3;4-7H,1-3H3;4-7,11H,1-3H3;4-7,12H,11H2,1-3H3;1-4H;5H2,1-3H3;1-4H2;2*1H3;/i;;;;;;;2*1D;. The number of ether oxygens (including phenoxy) is 1. The van der Waals surface area contributed by atoms with Crippen LogP contribution in [0.3, 0.4) is 0 Å². The molecule has 464 valence electrons. The summed E-state index contributed by atoms with van der Waals surface area (Å²) in [6.07, 6.45) is 3.10. The van der Waals surface area contributed by atoms with Crippen LogP contribution in [0.5, 0.6) is 0 Å². The fraction of sp³-hybridized carbons (Fsp3) is 0.458. The van der Waals surface area contributed by atoms with Crippen LogP contribution in [0.2, 0.25) is 5.28 Å². The number of nitrogens with two attached hydrogens (primary N) is 2. The summed E-state index contributed by atoms with van der Waals surface area (Å²) >= 11 is 21.9. The third kappa shape index (κ3) is 36.6. The zero-order valence-corrected chi connectivity index (χ0v) is 56.4. The van der Waals surface area contributed by atoms with Gasteiger partial charge in [-0.25, -0.2) is 4.98 Å². The molecule has 5 aromatic carbocycles. The van der Waals surface area contributed by atoms with Gasteiger partial charge in [0.25, 0.3) is 5.69 Å². The summed E-state index contributed by atoms with van der Waals surface area (Å²) < 4.78 is 50.6. The first kappa shape index (κ1) is 76.2. The number of nitrogens with zero attached hydrogens (tertiary/aromatic N) is 5. The van der Waals surface area contributed by atoms with Crippen LogP contribution >= 0.6 is 73.1 Å². The molecule has 2 aliphatic heterocycles. The van der Waals surface area contributed by atoms with Gasteiger partial charge in [-0.05, 0) is 215 Å². The maximum absolute atomic E-state index is 12.4. The van der Waals surface area contributed by atoms with E-state index in [1.165, 1.54) is 31.0 Å². The summed E-state index contributed by atoms with van der Waals surface area (Å²) in [6.45, 7) is 32.7. The first-order chi connectivity index (χ1) is 38.9. The Morgan fingerprint density at radius 1 is 0.699 bits per heavy atom. The third-order valence-electron chi connectivity index (χ3n) is 9.64. The number of hydrogen-bond acceptors (Lipinski definition) is 12. The van der Waals surface area contributed by atoms with E-state index in [1.807, 2.05) is 146 Å². The Bertz CT molecular complexity index is 2940. The zero-order valence-electron chi connectivity index (χ0n) is 52.3. The summed E-state index contributed by atoms with van der Waals surface area (Å²) in [4.78, 5) is 38.0. The van der Waals surface area contributed by atoms with Crippen molar-refractivity contribution in [2.24, 2.45) is 5.73 Å². The quantitative estimate of drug-likeness (QED) is 0.0323. The molecule has 0 atom stereocenters. The van der Waals surface area contributed by atoms with E-state index in [2.05, 4.69) is 112 Å². The van der Waals surface area contributed by atoms with Crippen molar-refractivity contribution in [2.75, 3.05) is 46.5 Å². The normalized spacial score (nSPS) is 12.7. The lowest BCUT2D eigenvalue weighted by molar-refractivity contribution is -0.387. The van der Waals surface area contributed by atoms with Crippen molar-refractivity contribution in [2.45, 2.75) is 151 Å². The van der Waals surface area contributed by atoms with Crippen molar-refractivity contribution in [3.63, 3.8) is 0 Å². The van der Waals surface area contributed by atoms with Crippen molar-refractivity contribution in [3.8, 4) is 0 Å². The molecule has 0 radical (unpaired) electrons. The minimum atomic E-state index is -3.22. The fourth-order valence-corrected chi connectivity index (χ4v) is 7.33. The zero-order chi connectivity index (χ0) is 66.2. The molecule has 8 rings (SSSR count). The van der Waals surface area contributed by atoms with Crippen LogP contribution in [0.4, 0.5) is 42.9 Å². The van der Waals surface area contributed by atoms with Crippen LogP contribution < -0.4 is 27.0 Å². The number of alkyl halides is 2. The number of carbonyl (C=O) groups is 1. The number of halogens is 7. The predicted octanol–water partition coefficient (Wildman–Crippen LogP) is 18.8. The molecule has 3 heterocycles. The third-order valence-corrected chi connectivity index (χ3v) is 9.90. The van der Waals surface area contributed by atoms with Gasteiger partial charge in [0.05, 0.1) is 47.2 Å². The average molecular weight is 1370 g/mol. The van der Waals surface area contributed by atoms with Crippen molar-refractivity contribution >= 4 is 124 Å². The number of nitrogens with one attached hydrogen (secondary N) is 2. The lowest BCUT2D eigenvalue weighted by Gasteiger charge is -2.32. The summed E-state index contributed by atoms with van der Waals surface area (Å²) in [5.41, 5.74) is 17.1. The Kier molecular flexibility index (Phi) is 35.1. The van der Waals surface area contributed by atoms with Gasteiger partial charge in [0, 0.05) is 60.1 Å². The SMILES string of the molecule is C1CCOC1.CC(C)(C)N.CC(C)(C)N1C(=O)Cc2ccccc21.CC(C)(C)Nc1ccccc1N.CC(C)(C)Nc1ccccc1[N+](=O)[O-].CC(C)(C)n1c(Cl)nc2ccccc21.O=P(Cl)(Cl)Cl.O=[N+]([O-])c1ccccc1F.[2H]CF.[2H]CI. The molecule has 6 aromatic rings. The number of aromatic nitrogens is 2. The summed E-state index contributed by atoms with van der Waals surface area (Å²) in [5, 5.41) is 24.4. The molecular weight excluding hydrogens is 1280 g/mol. The van der Waals surface area contributed by atoms with Crippen molar-refractivity contribution < 1.29 is 35.5 Å². The minimum absolute atomic E-state index is 0. The van der Waals surface area contributed by atoms with Gasteiger partial charge < -0.3 is 36.3 Å². The highest BCUT2D eigenvalue weighted by Crippen LogP contribution is 2.61. The highest BCUT2D eigenvalue weighted by atomic mass is 127. The summed E-state index contributed by atoms with van der Waals surface area (Å²) in [7, 11) is -1.00. The Morgan fingerprint density at radius 2 is 1.10 bits per heavy atom. The number of para-hydroxylation sites is 8. The largest absolute Gasteiger partial charge is 0.397 e. The molecule has 1 fully saturated rings. The van der Waals surface area contributed by atoms with Gasteiger partial charge >= 0.3 is 10.9 Å². The summed E-state index contributed by atoms with van der Waals surface area (Å²) in [5.74, 6) is -0.591. The molecule has 0 aliphatic carbocycles. The molecule has 0 bridgehead atoms. The van der Waals surface area contributed by atoms with E-state index in [4.69, 9.17) is 30.5 Å². The van der Waals surface area contributed by atoms with E-state index in [9.17, 15) is 38.4 Å². The molecule has 1 saturated heterocycles. The Hall–Kier alpha value is -4.86. The molecule has 1 aromatic heterocycles. The smallest absolute Gasteiger partial charge is 0.339 e. The van der Waals surface area contributed by atoms with Crippen molar-refractivity contribution in [1.82, 2.24) is 9.55 Å². The number of nitrogen functional groups attached to an aromatic ring is 1. The monoisotopic (exact) mass is 1370 g/mol. The van der Waals surface area contributed by atoms with Gasteiger partial charge in [-0.2, -0.15) is 4.39 Å². The minimum Gasteiger partial charge on any atom is -0.397 e. The molecule has 16 nitrogen and oxygen atoms in total. The lowest BCUT2D eigenvalue weighted by Crippen LogP contribution is -2.43. The van der Waals surface area contributed by atoms with Crippen LogP contribution in [0, 0.1) is 26.0 Å².